The van der Waals surface area contributed by atoms with E-state index in [2.05, 4.69) is 36.6 Å². The molecule has 0 aliphatic carbocycles. The fourth-order valence-corrected chi connectivity index (χ4v) is 0.525. The molecule has 0 spiro atoms. The summed E-state index contributed by atoms with van der Waals surface area (Å²) in [6, 6.07) is 0. The Bertz CT molecular complexity index is 176. The largest absolute Gasteiger partial charge is 0.473 e. The van der Waals surface area contributed by atoms with Gasteiger partial charge in [-0.05, 0) is 11.7 Å². The summed E-state index contributed by atoms with van der Waals surface area (Å²) in [4.78, 5) is 0. The maximum absolute atomic E-state index is 4.64. The predicted molar refractivity (Wildman–Crippen MR) is 34.0 cm³/mol. The Morgan fingerprint density at radius 2 is 2.10 bits per heavy atom. The van der Waals surface area contributed by atoms with Crippen LogP contribution in [0.4, 0.5) is 0 Å². The van der Waals surface area contributed by atoms with Gasteiger partial charge in [0.2, 0.25) is 0 Å². The molecule has 1 rings (SSSR count). The van der Waals surface area contributed by atoms with Crippen molar-refractivity contribution in [1.82, 2.24) is 5.16 Å². The van der Waals surface area contributed by atoms with Crippen LogP contribution in [0.3, 0.4) is 0 Å². The van der Waals surface area contributed by atoms with E-state index in [0.717, 1.165) is 5.56 Å². The van der Waals surface area contributed by atoms with E-state index in [9.17, 15) is 0 Å². The smallest absolute Gasteiger partial charge is 0 e. The Morgan fingerprint density at radius 3 is 2.30 bits per heavy atom. The van der Waals surface area contributed by atoms with Crippen LogP contribution in [0.2, 0.25) is 0 Å². The van der Waals surface area contributed by atoms with E-state index in [1.807, 2.05) is 0 Å². The van der Waals surface area contributed by atoms with Crippen LogP contribution in [0.1, 0.15) is 26.3 Å². The first-order valence-corrected chi connectivity index (χ1v) is 2.93. The van der Waals surface area contributed by atoms with Crippen LogP contribution in [-0.4, -0.2) is 5.16 Å². The van der Waals surface area contributed by atoms with E-state index in [0.29, 0.717) is 0 Å². The van der Waals surface area contributed by atoms with E-state index in [4.69, 9.17) is 0 Å². The Hall–Kier alpha value is -0.128. The van der Waals surface area contributed by atoms with Crippen molar-refractivity contribution in [1.29, 1.82) is 0 Å². The first-order valence-electron chi connectivity index (χ1n) is 2.93. The molecule has 0 N–H and O–H groups in total. The Labute approximate surface area is 74.6 Å². The Kier molecular flexibility index (Phi) is 3.28. The molecule has 1 radical (unpaired) electrons. The first-order chi connectivity index (χ1) is 4.11. The average molecular weight is 310 g/mol. The first kappa shape index (κ1) is 9.87. The summed E-state index contributed by atoms with van der Waals surface area (Å²) in [7, 11) is 0. The molecule has 2 nitrogen and oxygen atoms in total. The monoisotopic (exact) mass is 311 g/mol. The van der Waals surface area contributed by atoms with Gasteiger partial charge in [0.05, 0.1) is 0 Å². The summed E-state index contributed by atoms with van der Waals surface area (Å²) in [5.74, 6) is 0. The van der Waals surface area contributed by atoms with Gasteiger partial charge >= 0.3 is 0 Å². The molecule has 1 heterocycles. The summed E-state index contributed by atoms with van der Waals surface area (Å²) < 4.78 is 4.64. The van der Waals surface area contributed by atoms with Crippen LogP contribution in [-0.2, 0) is 25.8 Å². The molecule has 0 atom stereocenters. The van der Waals surface area contributed by atoms with Gasteiger partial charge < -0.3 is 4.52 Å². The van der Waals surface area contributed by atoms with Crippen LogP contribution in [0.15, 0.2) is 10.8 Å². The number of hydrogen-bond donors (Lipinski definition) is 0. The SMILES string of the molecule is CC(C)(C)c1[c-]noc1.[Re]. The molecular weight excluding hydrogens is 300 g/mol. The zero-order valence-electron chi connectivity index (χ0n) is 6.31. The van der Waals surface area contributed by atoms with Gasteiger partial charge in [-0.1, -0.05) is 27.0 Å². The van der Waals surface area contributed by atoms with E-state index in [-0.39, 0.29) is 25.8 Å². The molecule has 3 heteroatoms. The van der Waals surface area contributed by atoms with Crippen LogP contribution in [0, 0.1) is 6.20 Å². The van der Waals surface area contributed by atoms with Crippen molar-refractivity contribution in [2.75, 3.05) is 0 Å². The predicted octanol–water partition coefficient (Wildman–Crippen LogP) is 1.77. The molecule has 0 amide bonds. The third-order valence-corrected chi connectivity index (χ3v) is 1.20. The zero-order chi connectivity index (χ0) is 6.91. The molecule has 0 saturated carbocycles. The second-order valence-corrected chi connectivity index (χ2v) is 3.09. The summed E-state index contributed by atoms with van der Waals surface area (Å²) in [6.07, 6.45) is 4.39. The van der Waals surface area contributed by atoms with E-state index >= 15 is 0 Å². The van der Waals surface area contributed by atoms with Gasteiger partial charge in [0.15, 0.2) is 0 Å². The number of rotatable bonds is 0. The number of hydrogen-bond acceptors (Lipinski definition) is 2. The Morgan fingerprint density at radius 1 is 1.50 bits per heavy atom. The normalized spacial score (nSPS) is 10.7. The Balaban J connectivity index is 0.000000810. The third kappa shape index (κ3) is 2.24. The summed E-state index contributed by atoms with van der Waals surface area (Å²) in [6.45, 7) is 6.28. The third-order valence-electron chi connectivity index (χ3n) is 1.20. The molecule has 1 aromatic rings. The molecule has 57 valence electrons. The molecule has 10 heavy (non-hydrogen) atoms. The molecule has 0 fully saturated rings. The fraction of sp³-hybridized carbons (Fsp3) is 0.571. The fourth-order valence-electron chi connectivity index (χ4n) is 0.525. The van der Waals surface area contributed by atoms with Crippen LogP contribution < -0.4 is 0 Å². The van der Waals surface area contributed by atoms with Gasteiger partial charge in [-0.2, -0.15) is 5.56 Å². The van der Waals surface area contributed by atoms with Crippen LogP contribution >= 0.6 is 0 Å². The standard InChI is InChI=1S/C7H10NO.Re/c1-7(2,3)6-4-8-9-5-6;/h5H,1-3H3;/q-1;. The number of nitrogens with zero attached hydrogens (tertiary/aromatic N) is 1. The van der Waals surface area contributed by atoms with Gasteiger partial charge in [-0.15, -0.1) is 0 Å². The molecule has 1 aromatic heterocycles. The topological polar surface area (TPSA) is 26.0 Å². The second kappa shape index (κ2) is 3.32. The summed E-state index contributed by atoms with van der Waals surface area (Å²) in [5, 5.41) is 3.49. The molecule has 0 saturated heterocycles. The van der Waals surface area contributed by atoms with Gasteiger partial charge in [-0.3, -0.25) is 0 Å². The van der Waals surface area contributed by atoms with Crippen LogP contribution in [0.25, 0.3) is 0 Å². The summed E-state index contributed by atoms with van der Waals surface area (Å²) >= 11 is 0. The minimum Gasteiger partial charge on any atom is -0.473 e. The quantitative estimate of drug-likeness (QED) is 0.683. The van der Waals surface area contributed by atoms with Crippen LogP contribution in [0.5, 0.6) is 0 Å². The van der Waals surface area contributed by atoms with Crippen molar-refractivity contribution in [3.63, 3.8) is 0 Å². The zero-order valence-corrected chi connectivity index (χ0v) is 9.03. The molecule has 0 aromatic carbocycles. The van der Waals surface area contributed by atoms with E-state index in [1.165, 1.54) is 0 Å². The molecule has 0 aliphatic rings. The van der Waals surface area contributed by atoms with Gasteiger partial charge in [0.25, 0.3) is 0 Å². The summed E-state index contributed by atoms with van der Waals surface area (Å²) in [5.41, 5.74) is 1.13. The van der Waals surface area contributed by atoms with Crippen molar-refractivity contribution in [3.05, 3.63) is 18.0 Å². The molecule has 0 aliphatic heterocycles. The van der Waals surface area contributed by atoms with Crippen molar-refractivity contribution in [2.45, 2.75) is 26.2 Å². The second-order valence-electron chi connectivity index (χ2n) is 3.09. The maximum atomic E-state index is 4.64. The van der Waals surface area contributed by atoms with Crippen molar-refractivity contribution < 1.29 is 24.9 Å². The minimum absolute atomic E-state index is 0. The maximum Gasteiger partial charge on any atom is 0 e. The molecule has 0 bridgehead atoms. The minimum atomic E-state index is 0. The van der Waals surface area contributed by atoms with Crippen molar-refractivity contribution >= 4 is 0 Å². The number of aromatic nitrogens is 1. The van der Waals surface area contributed by atoms with Gasteiger partial charge in [0, 0.05) is 20.4 Å². The van der Waals surface area contributed by atoms with Gasteiger partial charge in [0.1, 0.15) is 0 Å². The van der Waals surface area contributed by atoms with Gasteiger partial charge in [-0.25, -0.2) is 5.16 Å². The molecular formula is C7H10NORe-. The molecule has 0 unspecified atom stereocenters. The van der Waals surface area contributed by atoms with E-state index in [1.54, 1.807) is 6.26 Å². The van der Waals surface area contributed by atoms with E-state index < -0.39 is 0 Å². The van der Waals surface area contributed by atoms with Crippen molar-refractivity contribution in [2.24, 2.45) is 0 Å². The average Bonchev–Trinajstić information content (AvgIpc) is 2.08. The van der Waals surface area contributed by atoms with Crippen molar-refractivity contribution in [3.8, 4) is 0 Å².